The molecule has 0 bridgehead atoms. The summed E-state index contributed by atoms with van der Waals surface area (Å²) in [5.41, 5.74) is -0.452. The maximum absolute atomic E-state index is 13.5. The maximum Gasteiger partial charge on any atom is 0.417 e. The minimum absolute atomic E-state index is 0.0369. The van der Waals surface area contributed by atoms with Gasteiger partial charge >= 0.3 is 6.18 Å². The van der Waals surface area contributed by atoms with Crippen molar-refractivity contribution in [1.29, 1.82) is 5.26 Å². The second kappa shape index (κ2) is 9.06. The number of amides is 1. The van der Waals surface area contributed by atoms with Crippen molar-refractivity contribution in [1.82, 2.24) is 4.90 Å². The molecule has 2 aliphatic rings. The number of halogens is 3. The van der Waals surface area contributed by atoms with E-state index in [1.54, 1.807) is 24.3 Å². The number of rotatable bonds is 5. The highest BCUT2D eigenvalue weighted by Crippen LogP contribution is 2.45. The first-order valence-electron chi connectivity index (χ1n) is 11.1. The fraction of sp³-hybridized carbons (Fsp3) is 0.440. The normalized spacial score (nSPS) is 22.7. The molecule has 4 rings (SSSR count). The lowest BCUT2D eigenvalue weighted by atomic mass is 9.73. The quantitative estimate of drug-likeness (QED) is 0.660. The highest BCUT2D eigenvalue weighted by molar-refractivity contribution is 5.94. The van der Waals surface area contributed by atoms with E-state index in [-0.39, 0.29) is 22.8 Å². The molecule has 2 aliphatic heterocycles. The van der Waals surface area contributed by atoms with Crippen LogP contribution in [-0.4, -0.2) is 50.2 Å². The van der Waals surface area contributed by atoms with Gasteiger partial charge in [0.2, 0.25) is 0 Å². The van der Waals surface area contributed by atoms with Gasteiger partial charge in [-0.3, -0.25) is 4.79 Å². The molecule has 2 aromatic carbocycles. The molecule has 2 aromatic rings. The number of hydrogen-bond donors (Lipinski definition) is 0. The molecule has 2 heterocycles. The average molecular weight is 457 g/mol. The van der Waals surface area contributed by atoms with Gasteiger partial charge in [-0.05, 0) is 43.7 Å². The Morgan fingerprint density at radius 1 is 1.21 bits per heavy atom. The number of nitriles is 1. The lowest BCUT2D eigenvalue weighted by Gasteiger charge is -2.44. The molecule has 5 nitrogen and oxygen atoms in total. The molecule has 8 heteroatoms. The van der Waals surface area contributed by atoms with Crippen molar-refractivity contribution in [2.24, 2.45) is 11.3 Å². The summed E-state index contributed by atoms with van der Waals surface area (Å²) >= 11 is 0. The van der Waals surface area contributed by atoms with Gasteiger partial charge in [0.15, 0.2) is 0 Å². The number of hydrogen-bond acceptors (Lipinski definition) is 4. The van der Waals surface area contributed by atoms with E-state index in [2.05, 4.69) is 0 Å². The Bertz CT molecular complexity index is 1050. The topological polar surface area (TPSA) is 56.6 Å². The molecule has 0 radical (unpaired) electrons. The second-order valence-electron chi connectivity index (χ2n) is 8.78. The summed E-state index contributed by atoms with van der Waals surface area (Å²) < 4.78 is 46.2. The van der Waals surface area contributed by atoms with Gasteiger partial charge in [0, 0.05) is 55.4 Å². The van der Waals surface area contributed by atoms with E-state index in [4.69, 9.17) is 10.00 Å². The molecular weight excluding hydrogens is 431 g/mol. The van der Waals surface area contributed by atoms with Gasteiger partial charge in [-0.25, -0.2) is 0 Å². The zero-order chi connectivity index (χ0) is 23.6. The molecule has 0 aliphatic carbocycles. The van der Waals surface area contributed by atoms with Gasteiger partial charge in [-0.15, -0.1) is 0 Å². The van der Waals surface area contributed by atoms with Gasteiger partial charge in [-0.1, -0.05) is 18.2 Å². The number of benzene rings is 2. The van der Waals surface area contributed by atoms with E-state index in [0.29, 0.717) is 57.1 Å². The van der Waals surface area contributed by atoms with Crippen LogP contribution in [0.1, 0.15) is 34.8 Å². The third-order valence-corrected chi connectivity index (χ3v) is 6.83. The lowest BCUT2D eigenvalue weighted by molar-refractivity contribution is -0.137. The average Bonchev–Trinajstić information content (AvgIpc) is 3.21. The minimum Gasteiger partial charge on any atom is -0.381 e. The number of alkyl halides is 3. The van der Waals surface area contributed by atoms with E-state index in [0.717, 1.165) is 6.07 Å². The smallest absolute Gasteiger partial charge is 0.381 e. The van der Waals surface area contributed by atoms with E-state index in [9.17, 15) is 18.0 Å². The van der Waals surface area contributed by atoms with Crippen LogP contribution < -0.4 is 4.90 Å². The SMILES string of the molecule is CCOCC12CCN(c3ccc(C#N)c(C(F)(F)F)c3)CC1CN(C(=O)c1ccccc1)C2. The number of ether oxygens (including phenoxy) is 1. The number of carbonyl (C=O) groups excluding carboxylic acids is 1. The number of nitrogens with zero attached hydrogens (tertiary/aromatic N) is 3. The lowest BCUT2D eigenvalue weighted by Crippen LogP contribution is -2.49. The van der Waals surface area contributed by atoms with Gasteiger partial charge in [-0.2, -0.15) is 18.4 Å². The van der Waals surface area contributed by atoms with Crippen molar-refractivity contribution in [2.45, 2.75) is 19.5 Å². The van der Waals surface area contributed by atoms with Crippen LogP contribution in [-0.2, 0) is 10.9 Å². The number of fused-ring (bicyclic) bond motifs is 1. The summed E-state index contributed by atoms with van der Waals surface area (Å²) in [5, 5.41) is 9.08. The van der Waals surface area contributed by atoms with Crippen LogP contribution in [0.5, 0.6) is 0 Å². The largest absolute Gasteiger partial charge is 0.417 e. The predicted molar refractivity (Wildman–Crippen MR) is 118 cm³/mol. The van der Waals surface area contributed by atoms with Gasteiger partial charge in [0.25, 0.3) is 5.91 Å². The molecule has 0 saturated carbocycles. The van der Waals surface area contributed by atoms with Gasteiger partial charge in [0.1, 0.15) is 0 Å². The molecule has 2 unspecified atom stereocenters. The third kappa shape index (κ3) is 4.55. The second-order valence-corrected chi connectivity index (χ2v) is 8.78. The summed E-state index contributed by atoms with van der Waals surface area (Å²) in [7, 11) is 0. The fourth-order valence-electron chi connectivity index (χ4n) is 5.04. The van der Waals surface area contributed by atoms with Crippen molar-refractivity contribution in [3.8, 4) is 6.07 Å². The predicted octanol–water partition coefficient (Wildman–Crippen LogP) is 4.58. The number of likely N-dealkylation sites (tertiary alicyclic amines) is 1. The van der Waals surface area contributed by atoms with Crippen molar-refractivity contribution < 1.29 is 22.7 Å². The zero-order valence-corrected chi connectivity index (χ0v) is 18.4. The Labute approximate surface area is 191 Å². The standard InChI is InChI=1S/C25H26F3N3O2/c1-2-33-17-24-10-11-30(21-9-8-19(13-29)22(12-21)25(26,27)28)14-20(24)15-31(16-24)23(32)18-6-4-3-5-7-18/h3-9,12,20H,2,10-11,14-17H2,1H3. The number of carbonyl (C=O) groups is 1. The van der Waals surface area contributed by atoms with Crippen LogP contribution >= 0.6 is 0 Å². The first-order valence-corrected chi connectivity index (χ1v) is 11.1. The monoisotopic (exact) mass is 457 g/mol. The Balaban J connectivity index is 1.59. The molecule has 174 valence electrons. The summed E-state index contributed by atoms with van der Waals surface area (Å²) in [5.74, 6) is 0.0283. The summed E-state index contributed by atoms with van der Waals surface area (Å²) in [6.45, 7) is 5.18. The van der Waals surface area contributed by atoms with Crippen LogP contribution in [0.3, 0.4) is 0 Å². The Hall–Kier alpha value is -3.05. The van der Waals surface area contributed by atoms with Crippen molar-refractivity contribution in [3.63, 3.8) is 0 Å². The molecular formula is C25H26F3N3O2. The Morgan fingerprint density at radius 2 is 1.97 bits per heavy atom. The van der Waals surface area contributed by atoms with E-state index in [1.807, 2.05) is 34.9 Å². The van der Waals surface area contributed by atoms with Crippen LogP contribution in [0.4, 0.5) is 18.9 Å². The Morgan fingerprint density at radius 3 is 2.64 bits per heavy atom. The van der Waals surface area contributed by atoms with Crippen LogP contribution in [0, 0.1) is 22.7 Å². The molecule has 0 N–H and O–H groups in total. The molecule has 2 fully saturated rings. The first kappa shape index (κ1) is 23.1. The van der Waals surface area contributed by atoms with E-state index in [1.165, 1.54) is 6.07 Å². The van der Waals surface area contributed by atoms with Gasteiger partial charge in [0.05, 0.1) is 23.8 Å². The summed E-state index contributed by atoms with van der Waals surface area (Å²) in [6, 6.07) is 14.6. The number of anilines is 1. The van der Waals surface area contributed by atoms with Crippen LogP contribution in [0.25, 0.3) is 0 Å². The molecule has 0 spiro atoms. The van der Waals surface area contributed by atoms with Crippen LogP contribution in [0.15, 0.2) is 48.5 Å². The van der Waals surface area contributed by atoms with Gasteiger partial charge < -0.3 is 14.5 Å². The van der Waals surface area contributed by atoms with Crippen LogP contribution in [0.2, 0.25) is 0 Å². The van der Waals surface area contributed by atoms with Crippen molar-refractivity contribution in [3.05, 3.63) is 65.2 Å². The van der Waals surface area contributed by atoms with Crippen molar-refractivity contribution >= 4 is 11.6 Å². The van der Waals surface area contributed by atoms with Crippen molar-refractivity contribution in [2.75, 3.05) is 44.3 Å². The Kier molecular flexibility index (Phi) is 6.35. The fourth-order valence-corrected chi connectivity index (χ4v) is 5.04. The summed E-state index contributed by atoms with van der Waals surface area (Å²) in [6.07, 6.45) is -3.89. The maximum atomic E-state index is 13.5. The third-order valence-electron chi connectivity index (χ3n) is 6.83. The number of piperidine rings is 1. The van der Waals surface area contributed by atoms with E-state index < -0.39 is 11.7 Å². The van der Waals surface area contributed by atoms with E-state index >= 15 is 0 Å². The minimum atomic E-state index is -4.60. The molecule has 2 atom stereocenters. The highest BCUT2D eigenvalue weighted by atomic mass is 19.4. The molecule has 0 aromatic heterocycles. The molecule has 33 heavy (non-hydrogen) atoms. The highest BCUT2D eigenvalue weighted by Gasteiger charge is 2.51. The summed E-state index contributed by atoms with van der Waals surface area (Å²) in [4.78, 5) is 16.9. The molecule has 1 amide bonds. The zero-order valence-electron chi connectivity index (χ0n) is 18.4. The molecule has 2 saturated heterocycles. The first-order chi connectivity index (χ1) is 15.8.